The number of benzene rings is 1. The number of hydrogen-bond donors (Lipinski definition) is 1. The molecule has 0 aliphatic rings. The molecule has 0 aromatic heterocycles. The highest BCUT2D eigenvalue weighted by Crippen LogP contribution is 2.11. The van der Waals surface area contributed by atoms with Crippen LogP contribution in [0.3, 0.4) is 0 Å². The zero-order chi connectivity index (χ0) is 11.1. The first-order valence-corrected chi connectivity index (χ1v) is 4.62. The number of carbonyl (C=O) groups excluding carboxylic acids is 1. The van der Waals surface area contributed by atoms with Crippen molar-refractivity contribution in [3.63, 3.8) is 0 Å². The molecule has 0 bridgehead atoms. The Balaban J connectivity index is 2.61. The Morgan fingerprint density at radius 2 is 2.40 bits per heavy atom. The summed E-state index contributed by atoms with van der Waals surface area (Å²) in [6, 6.07) is 7.40. The lowest BCUT2D eigenvalue weighted by Crippen LogP contribution is -2.24. The number of carbonyl (C=O) groups is 1. The highest BCUT2D eigenvalue weighted by molar-refractivity contribution is 5.80. The molecular formula is C11H14N2O2. The zero-order valence-electron chi connectivity index (χ0n) is 8.86. The van der Waals surface area contributed by atoms with Crippen LogP contribution in [0.25, 0.3) is 0 Å². The molecule has 0 unspecified atom stereocenters. The van der Waals surface area contributed by atoms with Gasteiger partial charge in [0.1, 0.15) is 5.75 Å². The van der Waals surface area contributed by atoms with Crippen molar-refractivity contribution in [2.45, 2.75) is 0 Å². The standard InChI is InChI=1S/C11H14N2O2/c1-12-7-9-4-3-5-10(6-9)15-8-11(14)13-2/h3-7H,8H2,1-2H3,(H,13,14). The Hall–Kier alpha value is -1.84. The SMILES string of the molecule is CN=Cc1cccc(OCC(=O)NC)c1. The van der Waals surface area contributed by atoms with E-state index in [0.29, 0.717) is 5.75 Å². The highest BCUT2D eigenvalue weighted by atomic mass is 16.5. The third-order valence-corrected chi connectivity index (χ3v) is 1.79. The highest BCUT2D eigenvalue weighted by Gasteiger charge is 1.99. The second-order valence-electron chi connectivity index (χ2n) is 2.92. The second-order valence-corrected chi connectivity index (χ2v) is 2.92. The minimum Gasteiger partial charge on any atom is -0.484 e. The molecule has 0 atom stereocenters. The summed E-state index contributed by atoms with van der Waals surface area (Å²) in [5.74, 6) is 0.514. The Labute approximate surface area is 89.0 Å². The van der Waals surface area contributed by atoms with Gasteiger partial charge in [-0.2, -0.15) is 0 Å². The van der Waals surface area contributed by atoms with Gasteiger partial charge in [0, 0.05) is 20.3 Å². The number of nitrogens with one attached hydrogen (secondary N) is 1. The largest absolute Gasteiger partial charge is 0.484 e. The number of amides is 1. The van der Waals surface area contributed by atoms with Crippen molar-refractivity contribution in [3.8, 4) is 5.75 Å². The molecule has 0 radical (unpaired) electrons. The topological polar surface area (TPSA) is 50.7 Å². The second kappa shape index (κ2) is 5.80. The molecule has 0 aliphatic heterocycles. The van der Waals surface area contributed by atoms with Crippen LogP contribution in [0.5, 0.6) is 5.75 Å². The van der Waals surface area contributed by atoms with Crippen LogP contribution in [0.15, 0.2) is 29.3 Å². The summed E-state index contributed by atoms with van der Waals surface area (Å²) < 4.78 is 5.27. The number of hydrogen-bond acceptors (Lipinski definition) is 3. The van der Waals surface area contributed by atoms with Crippen molar-refractivity contribution in [1.29, 1.82) is 0 Å². The Kier molecular flexibility index (Phi) is 4.34. The fraction of sp³-hybridized carbons (Fsp3) is 0.273. The maximum absolute atomic E-state index is 10.9. The van der Waals surface area contributed by atoms with Gasteiger partial charge in [-0.05, 0) is 17.7 Å². The van der Waals surface area contributed by atoms with Gasteiger partial charge in [-0.25, -0.2) is 0 Å². The molecule has 4 heteroatoms. The minimum absolute atomic E-state index is 0.0310. The predicted molar refractivity (Wildman–Crippen MR) is 59.5 cm³/mol. The average Bonchev–Trinajstić information content (AvgIpc) is 2.27. The van der Waals surface area contributed by atoms with Crippen LogP contribution in [0, 0.1) is 0 Å². The Bertz CT molecular complexity index is 361. The first-order chi connectivity index (χ1) is 7.26. The first kappa shape index (κ1) is 11.2. The maximum Gasteiger partial charge on any atom is 0.257 e. The molecular weight excluding hydrogens is 192 g/mol. The van der Waals surface area contributed by atoms with Gasteiger partial charge in [-0.3, -0.25) is 9.79 Å². The van der Waals surface area contributed by atoms with E-state index in [-0.39, 0.29) is 12.5 Å². The van der Waals surface area contributed by atoms with Crippen LogP contribution in [0.2, 0.25) is 0 Å². The molecule has 1 amide bonds. The molecule has 1 N–H and O–H groups in total. The van der Waals surface area contributed by atoms with Gasteiger partial charge >= 0.3 is 0 Å². The summed E-state index contributed by atoms with van der Waals surface area (Å²) in [5, 5.41) is 2.48. The van der Waals surface area contributed by atoms with Gasteiger partial charge in [-0.15, -0.1) is 0 Å². The summed E-state index contributed by atoms with van der Waals surface area (Å²) in [4.78, 5) is 14.8. The monoisotopic (exact) mass is 206 g/mol. The van der Waals surface area contributed by atoms with Crippen LogP contribution in [-0.2, 0) is 4.79 Å². The summed E-state index contributed by atoms with van der Waals surface area (Å²) in [5.41, 5.74) is 0.951. The van der Waals surface area contributed by atoms with Gasteiger partial charge in [-0.1, -0.05) is 12.1 Å². The molecule has 0 fully saturated rings. The Morgan fingerprint density at radius 1 is 1.60 bits per heavy atom. The molecule has 15 heavy (non-hydrogen) atoms. The molecule has 80 valence electrons. The molecule has 1 aromatic carbocycles. The minimum atomic E-state index is -0.149. The molecule has 1 aromatic rings. The van der Waals surface area contributed by atoms with Crippen molar-refractivity contribution >= 4 is 12.1 Å². The first-order valence-electron chi connectivity index (χ1n) is 4.62. The van der Waals surface area contributed by atoms with E-state index in [0.717, 1.165) is 5.56 Å². The molecule has 0 saturated heterocycles. The van der Waals surface area contributed by atoms with Gasteiger partial charge < -0.3 is 10.1 Å². The fourth-order valence-corrected chi connectivity index (χ4v) is 1.05. The molecule has 0 heterocycles. The van der Waals surface area contributed by atoms with E-state index in [4.69, 9.17) is 4.74 Å². The summed E-state index contributed by atoms with van der Waals surface area (Å²) >= 11 is 0. The van der Waals surface area contributed by atoms with E-state index < -0.39 is 0 Å². The number of ether oxygens (including phenoxy) is 1. The molecule has 0 saturated carbocycles. The van der Waals surface area contributed by atoms with Crippen LogP contribution in [0.4, 0.5) is 0 Å². The average molecular weight is 206 g/mol. The summed E-state index contributed by atoms with van der Waals surface area (Å²) in [6.07, 6.45) is 1.73. The van der Waals surface area contributed by atoms with E-state index in [2.05, 4.69) is 10.3 Å². The molecule has 0 spiro atoms. The van der Waals surface area contributed by atoms with Gasteiger partial charge in [0.2, 0.25) is 0 Å². The van der Waals surface area contributed by atoms with Gasteiger partial charge in [0.05, 0.1) is 0 Å². The number of likely N-dealkylation sites (N-methyl/N-ethyl adjacent to an activating group) is 1. The summed E-state index contributed by atoms with van der Waals surface area (Å²) in [6.45, 7) is 0.0310. The predicted octanol–water partition coefficient (Wildman–Crippen LogP) is 0.860. The van der Waals surface area contributed by atoms with E-state index in [1.54, 1.807) is 26.4 Å². The molecule has 4 nitrogen and oxygen atoms in total. The number of nitrogens with zero attached hydrogens (tertiary/aromatic N) is 1. The van der Waals surface area contributed by atoms with Crippen LogP contribution >= 0.6 is 0 Å². The van der Waals surface area contributed by atoms with Crippen molar-refractivity contribution in [2.24, 2.45) is 4.99 Å². The van der Waals surface area contributed by atoms with Crippen LogP contribution < -0.4 is 10.1 Å². The van der Waals surface area contributed by atoms with Crippen LogP contribution in [-0.4, -0.2) is 32.8 Å². The fourth-order valence-electron chi connectivity index (χ4n) is 1.05. The van der Waals surface area contributed by atoms with Crippen molar-refractivity contribution in [2.75, 3.05) is 20.7 Å². The lowest BCUT2D eigenvalue weighted by molar-refractivity contribution is -0.122. The van der Waals surface area contributed by atoms with E-state index >= 15 is 0 Å². The van der Waals surface area contributed by atoms with Crippen molar-refractivity contribution in [1.82, 2.24) is 5.32 Å². The van der Waals surface area contributed by atoms with Gasteiger partial charge in [0.25, 0.3) is 5.91 Å². The lowest BCUT2D eigenvalue weighted by atomic mass is 10.2. The molecule has 0 aliphatic carbocycles. The normalized spacial score (nSPS) is 10.3. The van der Waals surface area contributed by atoms with Crippen LogP contribution in [0.1, 0.15) is 5.56 Å². The maximum atomic E-state index is 10.9. The summed E-state index contributed by atoms with van der Waals surface area (Å²) in [7, 11) is 3.28. The molecule has 1 rings (SSSR count). The Morgan fingerprint density at radius 3 is 3.07 bits per heavy atom. The van der Waals surface area contributed by atoms with Gasteiger partial charge in [0.15, 0.2) is 6.61 Å². The third-order valence-electron chi connectivity index (χ3n) is 1.79. The smallest absolute Gasteiger partial charge is 0.257 e. The van der Waals surface area contributed by atoms with E-state index in [1.807, 2.05) is 18.2 Å². The van der Waals surface area contributed by atoms with E-state index in [9.17, 15) is 4.79 Å². The zero-order valence-corrected chi connectivity index (χ0v) is 8.86. The lowest BCUT2D eigenvalue weighted by Gasteiger charge is -2.05. The van der Waals surface area contributed by atoms with Crippen molar-refractivity contribution < 1.29 is 9.53 Å². The number of aliphatic imine (C=N–C) groups is 1. The quantitative estimate of drug-likeness (QED) is 0.743. The number of rotatable bonds is 4. The van der Waals surface area contributed by atoms with E-state index in [1.165, 1.54) is 0 Å². The van der Waals surface area contributed by atoms with Crippen molar-refractivity contribution in [3.05, 3.63) is 29.8 Å². The third kappa shape index (κ3) is 3.81.